The molecule has 0 unspecified atom stereocenters. The van der Waals surface area contributed by atoms with Crippen LogP contribution in [0.3, 0.4) is 0 Å². The summed E-state index contributed by atoms with van der Waals surface area (Å²) in [5, 5.41) is 0. The predicted octanol–water partition coefficient (Wildman–Crippen LogP) is -7.06. The number of hydrogen-bond acceptors (Lipinski definition) is 22. The first kappa shape index (κ1) is 76.5. The largest absolute Gasteiger partial charge is 0.870 e. The van der Waals surface area contributed by atoms with Gasteiger partial charge < -0.3 is 56.5 Å². The van der Waals surface area contributed by atoms with E-state index in [1.165, 1.54) is 0 Å². The van der Waals surface area contributed by atoms with Gasteiger partial charge in [-0.1, -0.05) is 0 Å². The van der Waals surface area contributed by atoms with Crippen molar-refractivity contribution in [2.24, 2.45) is 0 Å². The summed E-state index contributed by atoms with van der Waals surface area (Å²) < 4.78 is 170. The van der Waals surface area contributed by atoms with E-state index < -0.39 is 52.0 Å². The van der Waals surface area contributed by atoms with Crippen molar-refractivity contribution < 1.29 is 185 Å². The summed E-state index contributed by atoms with van der Waals surface area (Å²) in [6.45, 7) is 0. The van der Waals surface area contributed by atoms with Gasteiger partial charge in [-0.3, -0.25) is 42.1 Å². The summed E-state index contributed by atoms with van der Waals surface area (Å²) in [7, 11) is -25.8. The zero-order valence-corrected chi connectivity index (χ0v) is 23.6. The fourth-order valence-corrected chi connectivity index (χ4v) is 0. The van der Waals surface area contributed by atoms with Gasteiger partial charge in [0, 0.05) is 139 Å². The summed E-state index contributed by atoms with van der Waals surface area (Å²) in [6.07, 6.45) is 0. The second-order valence-electron chi connectivity index (χ2n) is 2.04. The molecule has 206 valence electrons. The van der Waals surface area contributed by atoms with Crippen molar-refractivity contribution >= 4 is 52.0 Å². The molecule has 0 aromatic heterocycles. The molecule has 0 aliphatic heterocycles. The van der Waals surface area contributed by atoms with Crippen molar-refractivity contribution in [3.8, 4) is 0 Å². The molecule has 0 rings (SSSR count). The molecule has 0 atom stereocenters. The molecule has 0 saturated carbocycles. The van der Waals surface area contributed by atoms with Crippen molar-refractivity contribution in [3.63, 3.8) is 0 Å². The molecule has 0 aromatic carbocycles. The normalized spacial score (nSPS) is 9.06. The molecule has 0 spiro atoms. The first-order valence-corrected chi connectivity index (χ1v) is 10.0. The third-order valence-electron chi connectivity index (χ3n) is 0. The van der Waals surface area contributed by atoms with E-state index in [2.05, 4.69) is 0 Å². The van der Waals surface area contributed by atoms with E-state index in [0.29, 0.717) is 0 Å². The Bertz CT molecular complexity index is 629. The molecule has 32 heavy (non-hydrogen) atoms. The molecule has 0 heterocycles. The van der Waals surface area contributed by atoms with Crippen LogP contribution in [0.25, 0.3) is 0 Å². The van der Waals surface area contributed by atoms with E-state index in [9.17, 15) is 0 Å². The Morgan fingerprint density at radius 1 is 0.250 bits per heavy atom. The van der Waals surface area contributed by atoms with Crippen LogP contribution in [0.4, 0.5) is 0 Å². The van der Waals surface area contributed by atoms with Gasteiger partial charge in [0.25, 0.3) is 0 Å². The molecular weight excluding hydrogens is 772 g/mol. The van der Waals surface area contributed by atoms with Gasteiger partial charge in [0.05, 0.1) is 0 Å². The fourth-order valence-electron chi connectivity index (χ4n) is 0. The minimum absolute atomic E-state index is 0. The predicted molar refractivity (Wildman–Crippen MR) is 56.2 cm³/mol. The average Bonchev–Trinajstić information content (AvgIpc) is 1.79. The van der Waals surface area contributed by atoms with Crippen LogP contribution >= 0.6 is 0 Å². The summed E-state index contributed by atoms with van der Waals surface area (Å²) in [6, 6.07) is 0. The van der Waals surface area contributed by atoms with Gasteiger partial charge in [0.15, 0.2) is 0 Å². The average molecular weight is 774 g/mol. The van der Waals surface area contributed by atoms with Gasteiger partial charge in [-0.25, -0.2) is 0 Å². The van der Waals surface area contributed by atoms with Crippen LogP contribution in [0.15, 0.2) is 0 Å². The number of rotatable bonds is 0. The monoisotopic (exact) mass is 773 g/mol. The topological polar surface area (TPSA) is 461 Å². The van der Waals surface area contributed by atoms with Gasteiger partial charge in [0.1, 0.15) is 0 Å². The standard InChI is InChI=1S/5Cr.5H2O4S.2H2O/c;;;;;5*1-5(2,3)4;;/h;;;;;5*(H2,1,2,3,4);2*1H2/p-12. The van der Waals surface area contributed by atoms with Crippen molar-refractivity contribution in [1.29, 1.82) is 0 Å². The first-order valence-electron chi connectivity index (χ1n) is 3.33. The summed E-state index contributed by atoms with van der Waals surface area (Å²) in [5.74, 6) is 0. The second-order valence-corrected chi connectivity index (χ2v) is 6.12. The maximum atomic E-state index is 8.52. The zero-order chi connectivity index (χ0) is 22.5. The van der Waals surface area contributed by atoms with Crippen LogP contribution in [-0.2, 0) is 139 Å². The number of hydrogen-bond donors (Lipinski definition) is 0. The van der Waals surface area contributed by atoms with Crippen molar-refractivity contribution in [3.05, 3.63) is 0 Å². The van der Waals surface area contributed by atoms with Gasteiger partial charge in [0.2, 0.25) is 0 Å². The minimum Gasteiger partial charge on any atom is -0.870 e. The molecule has 2 N–H and O–H groups in total. The molecule has 0 amide bonds. The molecular formula is H2Cr5O22S5-12. The molecule has 0 aliphatic carbocycles. The third-order valence-corrected chi connectivity index (χ3v) is 0. The molecule has 0 radical (unpaired) electrons. The molecule has 0 fully saturated rings. The van der Waals surface area contributed by atoms with Gasteiger partial charge in [-0.2, -0.15) is 0 Å². The van der Waals surface area contributed by atoms with Crippen LogP contribution in [0.1, 0.15) is 0 Å². The van der Waals surface area contributed by atoms with Gasteiger partial charge >= 0.3 is 0 Å². The van der Waals surface area contributed by atoms with E-state index in [1.54, 1.807) is 0 Å². The van der Waals surface area contributed by atoms with E-state index >= 15 is 0 Å². The third kappa shape index (κ3) is 8180. The quantitative estimate of drug-likeness (QED) is 0.163. The van der Waals surface area contributed by atoms with Gasteiger partial charge in [-0.05, 0) is 0 Å². The molecule has 32 heteroatoms. The fraction of sp³-hybridized carbons (Fsp3) is 0. The molecule has 0 bridgehead atoms. The zero-order valence-electron chi connectivity index (χ0n) is 13.1. The van der Waals surface area contributed by atoms with E-state index in [-0.39, 0.29) is 97.8 Å². The van der Waals surface area contributed by atoms with Gasteiger partial charge in [-0.15, -0.1) is 0 Å². The molecule has 22 nitrogen and oxygen atoms in total. The van der Waals surface area contributed by atoms with E-state index in [4.69, 9.17) is 87.6 Å². The Morgan fingerprint density at radius 3 is 0.250 bits per heavy atom. The smallest absolute Gasteiger partial charge is 0.0311 e. The maximum absolute atomic E-state index is 8.52. The Hall–Kier alpha value is 1.93. The van der Waals surface area contributed by atoms with Crippen LogP contribution < -0.4 is 0 Å². The van der Waals surface area contributed by atoms with E-state index in [0.717, 1.165) is 0 Å². The Morgan fingerprint density at radius 2 is 0.250 bits per heavy atom. The summed E-state index contributed by atoms with van der Waals surface area (Å²) >= 11 is 0. The second kappa shape index (κ2) is 32.9. The molecule has 0 saturated heterocycles. The Labute approximate surface area is 235 Å². The summed E-state index contributed by atoms with van der Waals surface area (Å²) in [4.78, 5) is 0. The first-order chi connectivity index (χ1) is 10.0. The van der Waals surface area contributed by atoms with Crippen molar-refractivity contribution in [2.45, 2.75) is 0 Å². The van der Waals surface area contributed by atoms with Crippen molar-refractivity contribution in [2.75, 3.05) is 0 Å². The maximum Gasteiger partial charge on any atom is 0.0311 e. The minimum atomic E-state index is -5.17. The van der Waals surface area contributed by atoms with Crippen LogP contribution in [0.5, 0.6) is 0 Å². The van der Waals surface area contributed by atoms with E-state index in [1.807, 2.05) is 0 Å². The Balaban J connectivity index is -0.0000000148. The molecule has 0 aromatic rings. The Kier molecular flexibility index (Phi) is 78.7. The SMILES string of the molecule is O=S(=O)([O-])[O-].O=S(=O)([O-])[O-].O=S(=O)([O-])[O-].O=S(=O)([O-])[O-].O=S(=O)([O-])[O-].[Cr].[Cr].[Cr].[Cr].[Cr].[OH-].[OH-]. The molecule has 0 aliphatic rings. The van der Waals surface area contributed by atoms with Crippen LogP contribution in [0, 0.1) is 0 Å². The van der Waals surface area contributed by atoms with Crippen LogP contribution in [-0.4, -0.2) is 98.6 Å². The summed E-state index contributed by atoms with van der Waals surface area (Å²) in [5.41, 5.74) is 0. The van der Waals surface area contributed by atoms with Crippen molar-refractivity contribution in [1.82, 2.24) is 0 Å². The van der Waals surface area contributed by atoms with Crippen LogP contribution in [0.2, 0.25) is 0 Å².